The Morgan fingerprint density at radius 2 is 2.20 bits per heavy atom. The van der Waals surface area contributed by atoms with Gasteiger partial charge in [-0.05, 0) is 38.7 Å². The van der Waals surface area contributed by atoms with Crippen LogP contribution in [0.5, 0.6) is 0 Å². The van der Waals surface area contributed by atoms with E-state index in [2.05, 4.69) is 25.3 Å². The van der Waals surface area contributed by atoms with Crippen LogP contribution in [0.3, 0.4) is 0 Å². The fourth-order valence-electron chi connectivity index (χ4n) is 3.95. The standard InChI is InChI=1S/C18H25N5O2/c1-14-10-15(22-25-14)12-23-9-6-18(13-23)5-2-4-16(24-18)11-21-17-19-7-3-8-20-17/h3,7-8,10,16H,2,4-6,9,11-13H2,1H3,(H,19,20,21)/t16-,18-/m0/s1. The molecule has 0 aliphatic carbocycles. The van der Waals surface area contributed by atoms with Crippen molar-refractivity contribution in [2.24, 2.45) is 0 Å². The van der Waals surface area contributed by atoms with Crippen molar-refractivity contribution in [3.63, 3.8) is 0 Å². The summed E-state index contributed by atoms with van der Waals surface area (Å²) in [4.78, 5) is 10.8. The van der Waals surface area contributed by atoms with E-state index in [0.29, 0.717) is 5.95 Å². The number of aromatic nitrogens is 3. The number of ether oxygens (including phenoxy) is 1. The molecule has 1 N–H and O–H groups in total. The lowest BCUT2D eigenvalue weighted by molar-refractivity contribution is -0.115. The maximum absolute atomic E-state index is 6.53. The number of anilines is 1. The number of aryl methyl sites for hydroxylation is 1. The SMILES string of the molecule is Cc1cc(CN2CC[C@@]3(CCC[C@@H](CNc4ncccn4)O3)C2)no1. The molecule has 2 fully saturated rings. The molecule has 4 rings (SSSR count). The summed E-state index contributed by atoms with van der Waals surface area (Å²) in [7, 11) is 0. The van der Waals surface area contributed by atoms with Crippen LogP contribution in [0.2, 0.25) is 0 Å². The second-order valence-electron chi connectivity index (χ2n) is 7.16. The van der Waals surface area contributed by atoms with Crippen molar-refractivity contribution in [3.8, 4) is 0 Å². The molecule has 7 heteroatoms. The molecule has 0 amide bonds. The van der Waals surface area contributed by atoms with E-state index in [-0.39, 0.29) is 11.7 Å². The van der Waals surface area contributed by atoms with E-state index >= 15 is 0 Å². The Kier molecular flexibility index (Phi) is 4.67. The van der Waals surface area contributed by atoms with Crippen molar-refractivity contribution in [1.82, 2.24) is 20.0 Å². The minimum absolute atomic E-state index is 0.0130. The number of hydrogen-bond acceptors (Lipinski definition) is 7. The van der Waals surface area contributed by atoms with Crippen LogP contribution >= 0.6 is 0 Å². The quantitative estimate of drug-likeness (QED) is 0.893. The summed E-state index contributed by atoms with van der Waals surface area (Å²) >= 11 is 0. The Hall–Kier alpha value is -1.99. The van der Waals surface area contributed by atoms with Gasteiger partial charge in [-0.1, -0.05) is 5.16 Å². The largest absolute Gasteiger partial charge is 0.369 e. The van der Waals surface area contributed by atoms with Crippen LogP contribution in [0, 0.1) is 6.92 Å². The number of rotatable bonds is 5. The maximum atomic E-state index is 6.53. The predicted octanol–water partition coefficient (Wildman–Crippen LogP) is 2.40. The average Bonchev–Trinajstić information content (AvgIpc) is 3.21. The second kappa shape index (κ2) is 7.09. The Morgan fingerprint density at radius 1 is 1.32 bits per heavy atom. The van der Waals surface area contributed by atoms with Gasteiger partial charge in [-0.2, -0.15) is 0 Å². The summed E-state index contributed by atoms with van der Waals surface area (Å²) in [6.07, 6.45) is 8.23. The molecule has 2 aromatic heterocycles. The van der Waals surface area contributed by atoms with E-state index in [1.165, 1.54) is 6.42 Å². The van der Waals surface area contributed by atoms with Crippen molar-refractivity contribution in [1.29, 1.82) is 0 Å². The van der Waals surface area contributed by atoms with E-state index in [9.17, 15) is 0 Å². The predicted molar refractivity (Wildman–Crippen MR) is 93.1 cm³/mol. The fourth-order valence-corrected chi connectivity index (χ4v) is 3.95. The Balaban J connectivity index is 1.31. The van der Waals surface area contributed by atoms with Crippen LogP contribution in [0.1, 0.15) is 37.1 Å². The van der Waals surface area contributed by atoms with Gasteiger partial charge >= 0.3 is 0 Å². The van der Waals surface area contributed by atoms with Gasteiger partial charge < -0.3 is 14.6 Å². The van der Waals surface area contributed by atoms with Gasteiger partial charge in [-0.15, -0.1) is 0 Å². The zero-order chi connectivity index (χ0) is 17.1. The first kappa shape index (κ1) is 16.5. The molecule has 1 spiro atoms. The zero-order valence-corrected chi connectivity index (χ0v) is 14.6. The number of nitrogens with one attached hydrogen (secondary N) is 1. The molecule has 25 heavy (non-hydrogen) atoms. The second-order valence-corrected chi connectivity index (χ2v) is 7.16. The fraction of sp³-hybridized carbons (Fsp3) is 0.611. The molecule has 0 bridgehead atoms. The van der Waals surface area contributed by atoms with Crippen LogP contribution in [0.25, 0.3) is 0 Å². The molecule has 0 radical (unpaired) electrons. The minimum atomic E-state index is -0.0130. The highest BCUT2D eigenvalue weighted by Crippen LogP contribution is 2.37. The highest BCUT2D eigenvalue weighted by Gasteiger charge is 2.42. The molecule has 2 atom stereocenters. The lowest BCUT2D eigenvalue weighted by atomic mass is 9.90. The van der Waals surface area contributed by atoms with Gasteiger partial charge in [0, 0.05) is 44.6 Å². The highest BCUT2D eigenvalue weighted by atomic mass is 16.5. The zero-order valence-electron chi connectivity index (χ0n) is 14.6. The molecule has 0 unspecified atom stereocenters. The van der Waals surface area contributed by atoms with Crippen LogP contribution in [-0.2, 0) is 11.3 Å². The molecule has 2 aliphatic rings. The normalized spacial score (nSPS) is 27.0. The third-order valence-electron chi connectivity index (χ3n) is 5.09. The summed E-state index contributed by atoms with van der Waals surface area (Å²) < 4.78 is 11.7. The molecule has 2 aliphatic heterocycles. The van der Waals surface area contributed by atoms with Crippen molar-refractivity contribution < 1.29 is 9.26 Å². The van der Waals surface area contributed by atoms with E-state index in [1.54, 1.807) is 12.4 Å². The molecule has 7 nitrogen and oxygen atoms in total. The molecule has 0 aromatic carbocycles. The molecular formula is C18H25N5O2. The van der Waals surface area contributed by atoms with Crippen LogP contribution in [0.4, 0.5) is 5.95 Å². The van der Waals surface area contributed by atoms with Crippen LogP contribution < -0.4 is 5.32 Å². The Morgan fingerprint density at radius 3 is 3.00 bits per heavy atom. The first-order valence-electron chi connectivity index (χ1n) is 9.04. The lowest BCUT2D eigenvalue weighted by Crippen LogP contribution is -2.45. The van der Waals surface area contributed by atoms with E-state index in [0.717, 1.165) is 56.9 Å². The third-order valence-corrected chi connectivity index (χ3v) is 5.09. The van der Waals surface area contributed by atoms with Gasteiger partial charge in [0.15, 0.2) is 0 Å². The van der Waals surface area contributed by atoms with Crippen molar-refractivity contribution in [3.05, 3.63) is 36.0 Å². The summed E-state index contributed by atoms with van der Waals surface area (Å²) in [5.41, 5.74) is 0.991. The van der Waals surface area contributed by atoms with Crippen LogP contribution in [-0.4, -0.2) is 51.4 Å². The van der Waals surface area contributed by atoms with Gasteiger partial charge in [-0.25, -0.2) is 9.97 Å². The van der Waals surface area contributed by atoms with Gasteiger partial charge in [0.25, 0.3) is 0 Å². The lowest BCUT2D eigenvalue weighted by Gasteiger charge is -2.38. The molecule has 2 aromatic rings. The monoisotopic (exact) mass is 343 g/mol. The Bertz CT molecular complexity index is 692. The average molecular weight is 343 g/mol. The van der Waals surface area contributed by atoms with Gasteiger partial charge in [0.05, 0.1) is 17.4 Å². The highest BCUT2D eigenvalue weighted by molar-refractivity contribution is 5.22. The number of hydrogen-bond donors (Lipinski definition) is 1. The maximum Gasteiger partial charge on any atom is 0.222 e. The molecule has 0 saturated carbocycles. The molecular weight excluding hydrogens is 318 g/mol. The van der Waals surface area contributed by atoms with Gasteiger partial charge in [-0.3, -0.25) is 4.90 Å². The summed E-state index contributed by atoms with van der Waals surface area (Å²) in [6.45, 7) is 5.54. The summed E-state index contributed by atoms with van der Waals surface area (Å²) in [5, 5.41) is 7.40. The van der Waals surface area contributed by atoms with Crippen molar-refractivity contribution >= 4 is 5.95 Å². The topological polar surface area (TPSA) is 76.3 Å². The third kappa shape index (κ3) is 3.99. The van der Waals surface area contributed by atoms with Crippen molar-refractivity contribution in [2.45, 2.75) is 50.9 Å². The van der Waals surface area contributed by atoms with Crippen molar-refractivity contribution in [2.75, 3.05) is 25.0 Å². The number of likely N-dealkylation sites (tertiary alicyclic amines) is 1. The first-order valence-corrected chi connectivity index (χ1v) is 9.04. The van der Waals surface area contributed by atoms with E-state index in [1.807, 2.05) is 19.1 Å². The molecule has 2 saturated heterocycles. The van der Waals surface area contributed by atoms with Gasteiger partial charge in [0.1, 0.15) is 5.76 Å². The van der Waals surface area contributed by atoms with Crippen LogP contribution in [0.15, 0.2) is 29.0 Å². The summed E-state index contributed by atoms with van der Waals surface area (Å²) in [5.74, 6) is 1.53. The van der Waals surface area contributed by atoms with E-state index in [4.69, 9.17) is 9.26 Å². The van der Waals surface area contributed by atoms with E-state index < -0.39 is 0 Å². The first-order chi connectivity index (χ1) is 12.2. The number of nitrogens with zero attached hydrogens (tertiary/aromatic N) is 4. The molecule has 134 valence electrons. The summed E-state index contributed by atoms with van der Waals surface area (Å²) in [6, 6.07) is 3.83. The Labute approximate surface area is 147 Å². The van der Waals surface area contributed by atoms with Gasteiger partial charge in [0.2, 0.25) is 5.95 Å². The molecule has 4 heterocycles. The smallest absolute Gasteiger partial charge is 0.222 e. The minimum Gasteiger partial charge on any atom is -0.369 e.